The summed E-state index contributed by atoms with van der Waals surface area (Å²) >= 11 is 0. The SMILES string of the molecule is CS(=O)CCCNC(=O)c1cc2ccccc2c(NN)n1. The summed E-state index contributed by atoms with van der Waals surface area (Å²) in [6, 6.07) is 9.28. The zero-order chi connectivity index (χ0) is 15.2. The van der Waals surface area contributed by atoms with E-state index in [0.717, 1.165) is 10.8 Å². The minimum Gasteiger partial charge on any atom is -0.351 e. The lowest BCUT2D eigenvalue weighted by atomic mass is 10.1. The minimum absolute atomic E-state index is 0.265. The number of aromatic nitrogens is 1. The molecule has 4 N–H and O–H groups in total. The van der Waals surface area contributed by atoms with E-state index in [0.29, 0.717) is 30.2 Å². The number of amides is 1. The number of carbonyl (C=O) groups is 1. The molecule has 0 radical (unpaired) electrons. The van der Waals surface area contributed by atoms with E-state index in [1.165, 1.54) is 0 Å². The zero-order valence-electron chi connectivity index (χ0n) is 11.8. The third-order valence-corrected chi connectivity index (χ3v) is 3.87. The largest absolute Gasteiger partial charge is 0.351 e. The lowest BCUT2D eigenvalue weighted by Gasteiger charge is -2.09. The second-order valence-electron chi connectivity index (χ2n) is 4.61. The van der Waals surface area contributed by atoms with E-state index >= 15 is 0 Å². The molecule has 0 fully saturated rings. The van der Waals surface area contributed by atoms with Gasteiger partial charge < -0.3 is 10.7 Å². The Morgan fingerprint density at radius 1 is 1.38 bits per heavy atom. The third-order valence-electron chi connectivity index (χ3n) is 3.00. The van der Waals surface area contributed by atoms with Gasteiger partial charge in [-0.15, -0.1) is 0 Å². The highest BCUT2D eigenvalue weighted by atomic mass is 32.2. The second-order valence-corrected chi connectivity index (χ2v) is 6.16. The van der Waals surface area contributed by atoms with Crippen LogP contribution >= 0.6 is 0 Å². The first-order valence-electron chi connectivity index (χ1n) is 6.56. The number of hydrogen-bond acceptors (Lipinski definition) is 5. The van der Waals surface area contributed by atoms with Gasteiger partial charge in [-0.05, 0) is 17.9 Å². The molecule has 1 heterocycles. The maximum absolute atomic E-state index is 12.1. The number of fused-ring (bicyclic) bond motifs is 1. The average molecular weight is 306 g/mol. The molecule has 0 aliphatic carbocycles. The summed E-state index contributed by atoms with van der Waals surface area (Å²) in [6.45, 7) is 0.471. The molecule has 1 aromatic carbocycles. The van der Waals surface area contributed by atoms with E-state index in [-0.39, 0.29) is 5.91 Å². The van der Waals surface area contributed by atoms with Crippen molar-refractivity contribution in [2.45, 2.75) is 6.42 Å². The number of rotatable bonds is 6. The highest BCUT2D eigenvalue weighted by Gasteiger charge is 2.11. The molecule has 0 spiro atoms. The van der Waals surface area contributed by atoms with Crippen LogP contribution in [0, 0.1) is 0 Å². The standard InChI is InChI=1S/C14H18N4O2S/c1-21(20)8-4-7-16-14(19)12-9-10-5-2-3-6-11(10)13(17-12)18-15/h2-3,5-6,9H,4,7-8,15H2,1H3,(H,16,19)(H,17,18). The molecule has 1 aromatic heterocycles. The van der Waals surface area contributed by atoms with Crippen molar-refractivity contribution < 1.29 is 9.00 Å². The molecular formula is C14H18N4O2S. The Balaban J connectivity index is 2.14. The molecule has 0 saturated heterocycles. The minimum atomic E-state index is -0.842. The van der Waals surface area contributed by atoms with Crippen molar-refractivity contribution >= 4 is 33.3 Å². The summed E-state index contributed by atoms with van der Waals surface area (Å²) in [5, 5.41) is 4.51. The summed E-state index contributed by atoms with van der Waals surface area (Å²) in [6.07, 6.45) is 2.32. The molecule has 7 heteroatoms. The van der Waals surface area contributed by atoms with Gasteiger partial charge in [-0.2, -0.15) is 0 Å². The number of nitrogen functional groups attached to an aromatic ring is 1. The van der Waals surface area contributed by atoms with Crippen LogP contribution in [0.25, 0.3) is 10.8 Å². The van der Waals surface area contributed by atoms with Crippen LogP contribution in [0.4, 0.5) is 5.82 Å². The van der Waals surface area contributed by atoms with Crippen molar-refractivity contribution in [2.24, 2.45) is 5.84 Å². The maximum Gasteiger partial charge on any atom is 0.269 e. The molecule has 1 unspecified atom stereocenters. The number of benzene rings is 1. The number of hydrogen-bond donors (Lipinski definition) is 3. The van der Waals surface area contributed by atoms with Crippen LogP contribution < -0.4 is 16.6 Å². The van der Waals surface area contributed by atoms with Gasteiger partial charge in [0.25, 0.3) is 5.91 Å². The van der Waals surface area contributed by atoms with E-state index in [4.69, 9.17) is 5.84 Å². The predicted octanol–water partition coefficient (Wildman–Crippen LogP) is 1.02. The van der Waals surface area contributed by atoms with Gasteiger partial charge in [0.15, 0.2) is 0 Å². The smallest absolute Gasteiger partial charge is 0.269 e. The van der Waals surface area contributed by atoms with E-state index in [9.17, 15) is 9.00 Å². The molecule has 2 aromatic rings. The molecule has 2 rings (SSSR count). The van der Waals surface area contributed by atoms with Crippen LogP contribution in [0.2, 0.25) is 0 Å². The number of nitrogens with zero attached hydrogens (tertiary/aromatic N) is 1. The molecule has 0 saturated carbocycles. The summed E-state index contributed by atoms with van der Waals surface area (Å²) < 4.78 is 11.0. The summed E-state index contributed by atoms with van der Waals surface area (Å²) in [7, 11) is -0.842. The highest BCUT2D eigenvalue weighted by molar-refractivity contribution is 7.84. The number of hydrazine groups is 1. The topological polar surface area (TPSA) is 97.1 Å². The Hall–Kier alpha value is -1.99. The molecule has 0 aliphatic rings. The van der Waals surface area contributed by atoms with Crippen molar-refractivity contribution in [2.75, 3.05) is 24.0 Å². The van der Waals surface area contributed by atoms with Crippen molar-refractivity contribution in [1.82, 2.24) is 10.3 Å². The van der Waals surface area contributed by atoms with Crippen molar-refractivity contribution in [3.05, 3.63) is 36.0 Å². The lowest BCUT2D eigenvalue weighted by molar-refractivity contribution is 0.0949. The van der Waals surface area contributed by atoms with Gasteiger partial charge >= 0.3 is 0 Å². The zero-order valence-corrected chi connectivity index (χ0v) is 12.6. The quantitative estimate of drug-likeness (QED) is 0.420. The van der Waals surface area contributed by atoms with Gasteiger partial charge in [0.1, 0.15) is 11.5 Å². The fourth-order valence-electron chi connectivity index (χ4n) is 1.99. The summed E-state index contributed by atoms with van der Waals surface area (Å²) in [4.78, 5) is 16.3. The number of nitrogens with one attached hydrogen (secondary N) is 2. The van der Waals surface area contributed by atoms with Gasteiger partial charge in [-0.1, -0.05) is 24.3 Å². The first-order valence-corrected chi connectivity index (χ1v) is 8.29. The van der Waals surface area contributed by atoms with E-state index in [1.807, 2.05) is 24.3 Å². The molecule has 21 heavy (non-hydrogen) atoms. The molecule has 0 aliphatic heterocycles. The van der Waals surface area contributed by atoms with Gasteiger partial charge in [-0.3, -0.25) is 9.00 Å². The molecule has 0 bridgehead atoms. The maximum atomic E-state index is 12.1. The molecular weight excluding hydrogens is 288 g/mol. The Morgan fingerprint density at radius 2 is 2.14 bits per heavy atom. The van der Waals surface area contributed by atoms with E-state index in [2.05, 4.69) is 15.7 Å². The van der Waals surface area contributed by atoms with Gasteiger partial charge in [0.2, 0.25) is 0 Å². The Bertz CT molecular complexity index is 675. The van der Waals surface area contributed by atoms with Crippen LogP contribution in [-0.2, 0) is 10.8 Å². The number of pyridine rings is 1. The van der Waals surface area contributed by atoms with Crippen LogP contribution in [0.15, 0.2) is 30.3 Å². The summed E-state index contributed by atoms with van der Waals surface area (Å²) in [5.41, 5.74) is 2.82. The second kappa shape index (κ2) is 7.14. The molecule has 1 amide bonds. The molecule has 6 nitrogen and oxygen atoms in total. The predicted molar refractivity (Wildman–Crippen MR) is 85.4 cm³/mol. The van der Waals surface area contributed by atoms with Gasteiger partial charge in [0.05, 0.1) is 0 Å². The van der Waals surface area contributed by atoms with Crippen molar-refractivity contribution in [1.29, 1.82) is 0 Å². The van der Waals surface area contributed by atoms with Crippen molar-refractivity contribution in [3.8, 4) is 0 Å². The fourth-order valence-corrected chi connectivity index (χ4v) is 2.54. The number of nitrogens with two attached hydrogens (primary N) is 1. The monoisotopic (exact) mass is 306 g/mol. The number of anilines is 1. The third kappa shape index (κ3) is 3.99. The lowest BCUT2D eigenvalue weighted by Crippen LogP contribution is -2.26. The first-order chi connectivity index (χ1) is 10.1. The summed E-state index contributed by atoms with van der Waals surface area (Å²) in [5.74, 6) is 6.23. The van der Waals surface area contributed by atoms with Crippen LogP contribution in [0.1, 0.15) is 16.9 Å². The Morgan fingerprint density at radius 3 is 2.86 bits per heavy atom. The average Bonchev–Trinajstić information content (AvgIpc) is 2.50. The van der Waals surface area contributed by atoms with Gasteiger partial charge in [-0.25, -0.2) is 10.8 Å². The Labute approximate surface area is 125 Å². The Kier molecular flexibility index (Phi) is 5.24. The molecule has 1 atom stereocenters. The van der Waals surface area contributed by atoms with E-state index < -0.39 is 10.8 Å². The van der Waals surface area contributed by atoms with Crippen LogP contribution in [0.5, 0.6) is 0 Å². The van der Waals surface area contributed by atoms with Gasteiger partial charge in [0, 0.05) is 34.7 Å². The molecule has 112 valence electrons. The highest BCUT2D eigenvalue weighted by Crippen LogP contribution is 2.21. The fraction of sp³-hybridized carbons (Fsp3) is 0.286. The number of carbonyl (C=O) groups excluding carboxylic acids is 1. The van der Waals surface area contributed by atoms with Crippen LogP contribution in [0.3, 0.4) is 0 Å². The van der Waals surface area contributed by atoms with Crippen molar-refractivity contribution in [3.63, 3.8) is 0 Å². The van der Waals surface area contributed by atoms with Crippen LogP contribution in [-0.4, -0.2) is 33.7 Å². The normalized spacial score (nSPS) is 12.1. The van der Waals surface area contributed by atoms with E-state index in [1.54, 1.807) is 12.3 Å². The first kappa shape index (κ1) is 15.4.